The number of amides is 1. The lowest BCUT2D eigenvalue weighted by Gasteiger charge is -2.19. The van der Waals surface area contributed by atoms with E-state index in [9.17, 15) is 14.7 Å². The van der Waals surface area contributed by atoms with Crippen LogP contribution >= 0.6 is 11.8 Å². The Kier molecular flexibility index (Phi) is 5.04. The Labute approximate surface area is 155 Å². The zero-order chi connectivity index (χ0) is 18.7. The van der Waals surface area contributed by atoms with E-state index in [0.717, 1.165) is 15.8 Å². The summed E-state index contributed by atoms with van der Waals surface area (Å²) in [6.07, 6.45) is 1.70. The van der Waals surface area contributed by atoms with Gasteiger partial charge >= 0.3 is 5.97 Å². The summed E-state index contributed by atoms with van der Waals surface area (Å²) in [6, 6.07) is 15.0. The van der Waals surface area contributed by atoms with Crippen molar-refractivity contribution in [3.8, 4) is 0 Å². The SMILES string of the molecule is CC(C)(CSc1ccccc1NC(=O)c1c[nH]c2ccccc12)C(=O)O. The third-order valence-corrected chi connectivity index (χ3v) is 5.67. The van der Waals surface area contributed by atoms with E-state index in [-0.39, 0.29) is 5.91 Å². The van der Waals surface area contributed by atoms with Gasteiger partial charge in [0.1, 0.15) is 0 Å². The fourth-order valence-electron chi connectivity index (χ4n) is 2.46. The fourth-order valence-corrected chi connectivity index (χ4v) is 3.55. The molecule has 0 aliphatic rings. The molecule has 3 rings (SSSR count). The van der Waals surface area contributed by atoms with Crippen LogP contribution in [0.1, 0.15) is 24.2 Å². The van der Waals surface area contributed by atoms with E-state index in [4.69, 9.17) is 0 Å². The van der Waals surface area contributed by atoms with E-state index in [0.29, 0.717) is 17.0 Å². The minimum Gasteiger partial charge on any atom is -0.481 e. The third-order valence-electron chi connectivity index (χ3n) is 4.14. The average Bonchev–Trinajstić information content (AvgIpc) is 3.05. The summed E-state index contributed by atoms with van der Waals surface area (Å²) in [4.78, 5) is 28.0. The van der Waals surface area contributed by atoms with E-state index in [2.05, 4.69) is 10.3 Å². The Hall–Kier alpha value is -2.73. The zero-order valence-electron chi connectivity index (χ0n) is 14.6. The van der Waals surface area contributed by atoms with Crippen LogP contribution in [0.15, 0.2) is 59.6 Å². The zero-order valence-corrected chi connectivity index (χ0v) is 15.4. The van der Waals surface area contributed by atoms with Gasteiger partial charge in [0.25, 0.3) is 5.91 Å². The number of para-hydroxylation sites is 2. The normalized spacial score (nSPS) is 11.5. The summed E-state index contributed by atoms with van der Waals surface area (Å²) in [7, 11) is 0. The molecule has 0 atom stereocenters. The molecule has 134 valence electrons. The Balaban J connectivity index is 1.80. The summed E-state index contributed by atoms with van der Waals surface area (Å²) in [5.41, 5.74) is 1.31. The first-order valence-corrected chi connectivity index (χ1v) is 9.20. The largest absolute Gasteiger partial charge is 0.481 e. The highest BCUT2D eigenvalue weighted by atomic mass is 32.2. The van der Waals surface area contributed by atoms with Crippen LogP contribution in [0.2, 0.25) is 0 Å². The van der Waals surface area contributed by atoms with Crippen LogP contribution in [-0.2, 0) is 4.79 Å². The van der Waals surface area contributed by atoms with Crippen molar-refractivity contribution in [3.63, 3.8) is 0 Å². The lowest BCUT2D eigenvalue weighted by atomic mass is 9.97. The summed E-state index contributed by atoms with van der Waals surface area (Å²) in [5, 5.41) is 13.1. The molecule has 26 heavy (non-hydrogen) atoms. The highest BCUT2D eigenvalue weighted by Crippen LogP contribution is 2.33. The first-order valence-electron chi connectivity index (χ1n) is 8.21. The molecule has 0 bridgehead atoms. The number of H-pyrrole nitrogens is 1. The van der Waals surface area contributed by atoms with Gasteiger partial charge in [-0.05, 0) is 32.0 Å². The number of carboxylic acids is 1. The number of rotatable bonds is 6. The second-order valence-corrected chi connectivity index (χ2v) is 7.69. The Morgan fingerprint density at radius 3 is 2.58 bits per heavy atom. The van der Waals surface area contributed by atoms with Gasteiger partial charge in [0.2, 0.25) is 0 Å². The predicted molar refractivity (Wildman–Crippen MR) is 105 cm³/mol. The van der Waals surface area contributed by atoms with Crippen LogP contribution in [-0.4, -0.2) is 27.7 Å². The molecule has 1 amide bonds. The number of carboxylic acid groups (broad SMARTS) is 1. The lowest BCUT2D eigenvalue weighted by molar-refractivity contribution is -0.145. The van der Waals surface area contributed by atoms with Crippen molar-refractivity contribution in [2.24, 2.45) is 5.41 Å². The number of anilines is 1. The van der Waals surface area contributed by atoms with E-state index in [1.54, 1.807) is 20.0 Å². The van der Waals surface area contributed by atoms with Crippen LogP contribution in [0.5, 0.6) is 0 Å². The molecule has 0 saturated carbocycles. The summed E-state index contributed by atoms with van der Waals surface area (Å²) >= 11 is 1.42. The number of aromatic nitrogens is 1. The van der Waals surface area contributed by atoms with Gasteiger partial charge in [-0.15, -0.1) is 11.8 Å². The van der Waals surface area contributed by atoms with Crippen LogP contribution in [0, 0.1) is 5.41 Å². The topological polar surface area (TPSA) is 82.2 Å². The Bertz CT molecular complexity index is 962. The molecule has 0 aliphatic carbocycles. The highest BCUT2D eigenvalue weighted by Gasteiger charge is 2.27. The van der Waals surface area contributed by atoms with Gasteiger partial charge in [0, 0.05) is 27.7 Å². The maximum absolute atomic E-state index is 12.7. The number of benzene rings is 2. The fraction of sp³-hybridized carbons (Fsp3) is 0.200. The molecule has 0 radical (unpaired) electrons. The third kappa shape index (κ3) is 3.75. The van der Waals surface area contributed by atoms with Crippen molar-refractivity contribution in [2.75, 3.05) is 11.1 Å². The summed E-state index contributed by atoms with van der Waals surface area (Å²) in [5.74, 6) is -0.638. The standard InChI is InChI=1S/C20H20N2O3S/c1-20(2,19(24)25)12-26-17-10-6-5-9-16(17)22-18(23)14-11-21-15-8-4-3-7-13(14)15/h3-11,21H,12H2,1-2H3,(H,22,23)(H,24,25). The molecule has 6 heteroatoms. The summed E-state index contributed by atoms with van der Waals surface area (Å²) < 4.78 is 0. The van der Waals surface area contributed by atoms with E-state index < -0.39 is 11.4 Å². The maximum Gasteiger partial charge on any atom is 0.309 e. The monoisotopic (exact) mass is 368 g/mol. The smallest absolute Gasteiger partial charge is 0.309 e. The summed E-state index contributed by atoms with van der Waals surface area (Å²) in [6.45, 7) is 3.38. The second-order valence-electron chi connectivity index (χ2n) is 6.68. The molecule has 3 aromatic rings. The first-order chi connectivity index (χ1) is 12.4. The predicted octanol–water partition coefficient (Wildman–Crippen LogP) is 4.62. The molecule has 0 saturated heterocycles. The van der Waals surface area contributed by atoms with Gasteiger partial charge < -0.3 is 15.4 Å². The van der Waals surface area contributed by atoms with E-state index in [1.165, 1.54) is 11.8 Å². The minimum absolute atomic E-state index is 0.201. The van der Waals surface area contributed by atoms with Crippen LogP contribution in [0.4, 0.5) is 5.69 Å². The van der Waals surface area contributed by atoms with Crippen molar-refractivity contribution >= 4 is 40.2 Å². The molecule has 0 aliphatic heterocycles. The van der Waals surface area contributed by atoms with Crippen molar-refractivity contribution in [1.29, 1.82) is 0 Å². The molecule has 5 nitrogen and oxygen atoms in total. The average molecular weight is 368 g/mol. The molecule has 3 N–H and O–H groups in total. The molecule has 0 spiro atoms. The van der Waals surface area contributed by atoms with Crippen molar-refractivity contribution in [1.82, 2.24) is 4.98 Å². The molecule has 1 aromatic heterocycles. The highest BCUT2D eigenvalue weighted by molar-refractivity contribution is 7.99. The van der Waals surface area contributed by atoms with Gasteiger partial charge in [-0.2, -0.15) is 0 Å². The van der Waals surface area contributed by atoms with Gasteiger partial charge in [-0.1, -0.05) is 30.3 Å². The van der Waals surface area contributed by atoms with Gasteiger partial charge in [0.15, 0.2) is 0 Å². The number of aromatic amines is 1. The number of carbonyl (C=O) groups excluding carboxylic acids is 1. The second kappa shape index (κ2) is 7.25. The van der Waals surface area contributed by atoms with E-state index in [1.807, 2.05) is 48.5 Å². The van der Waals surface area contributed by atoms with Crippen molar-refractivity contribution in [3.05, 3.63) is 60.3 Å². The minimum atomic E-state index is -0.849. The number of aliphatic carboxylic acids is 1. The molecule has 1 heterocycles. The molecule has 0 fully saturated rings. The Morgan fingerprint density at radius 2 is 1.81 bits per heavy atom. The van der Waals surface area contributed by atoms with Crippen molar-refractivity contribution < 1.29 is 14.7 Å². The number of fused-ring (bicyclic) bond motifs is 1. The molecule has 0 unspecified atom stereocenters. The van der Waals surface area contributed by atoms with Crippen LogP contribution in [0.3, 0.4) is 0 Å². The number of hydrogen-bond acceptors (Lipinski definition) is 3. The van der Waals surface area contributed by atoms with Crippen molar-refractivity contribution in [2.45, 2.75) is 18.7 Å². The molecular weight excluding hydrogens is 348 g/mol. The van der Waals surface area contributed by atoms with Crippen LogP contribution < -0.4 is 5.32 Å². The Morgan fingerprint density at radius 1 is 1.12 bits per heavy atom. The van der Waals surface area contributed by atoms with Gasteiger partial charge in [0.05, 0.1) is 16.7 Å². The van der Waals surface area contributed by atoms with E-state index >= 15 is 0 Å². The number of nitrogens with one attached hydrogen (secondary N) is 2. The quantitative estimate of drug-likeness (QED) is 0.554. The van der Waals surface area contributed by atoms with Crippen LogP contribution in [0.25, 0.3) is 10.9 Å². The molecular formula is C20H20N2O3S. The van der Waals surface area contributed by atoms with Gasteiger partial charge in [-0.25, -0.2) is 0 Å². The lowest BCUT2D eigenvalue weighted by Crippen LogP contribution is -2.26. The maximum atomic E-state index is 12.7. The number of thioether (sulfide) groups is 1. The molecule has 2 aromatic carbocycles. The van der Waals surface area contributed by atoms with Gasteiger partial charge in [-0.3, -0.25) is 9.59 Å². The first kappa shape index (κ1) is 18.1. The number of hydrogen-bond donors (Lipinski definition) is 3. The number of carbonyl (C=O) groups is 2.